The summed E-state index contributed by atoms with van der Waals surface area (Å²) < 4.78 is 6.41. The number of aldehydes is 1. The van der Waals surface area contributed by atoms with E-state index in [1.165, 1.54) is 18.1 Å². The Hall–Kier alpha value is -2.15. The van der Waals surface area contributed by atoms with Crippen LogP contribution in [0.2, 0.25) is 0 Å². The molecule has 2 rings (SSSR count). The van der Waals surface area contributed by atoms with Gasteiger partial charge in [-0.2, -0.15) is 4.68 Å². The average molecular weight is 219 g/mol. The zero-order chi connectivity index (χ0) is 11.4. The van der Waals surface area contributed by atoms with E-state index in [-0.39, 0.29) is 0 Å². The van der Waals surface area contributed by atoms with Crippen molar-refractivity contribution in [2.24, 2.45) is 0 Å². The molecule has 16 heavy (non-hydrogen) atoms. The first kappa shape index (κ1) is 10.4. The van der Waals surface area contributed by atoms with Crippen molar-refractivity contribution in [3.05, 3.63) is 30.4 Å². The number of carbonyl (C=O) groups is 1. The predicted octanol–water partition coefficient (Wildman–Crippen LogP) is -0.0563. The van der Waals surface area contributed by atoms with Crippen molar-refractivity contribution in [1.82, 2.24) is 25.2 Å². The molecule has 0 aromatic carbocycles. The van der Waals surface area contributed by atoms with Crippen LogP contribution in [0.1, 0.15) is 11.8 Å². The van der Waals surface area contributed by atoms with E-state index in [9.17, 15) is 4.79 Å². The van der Waals surface area contributed by atoms with Gasteiger partial charge in [0.1, 0.15) is 6.33 Å². The summed E-state index contributed by atoms with van der Waals surface area (Å²) in [5, 5.41) is 10.7. The number of methoxy groups -OCH3 is 1. The number of rotatable bonds is 4. The molecule has 2 heterocycles. The van der Waals surface area contributed by atoms with Gasteiger partial charge in [-0.3, -0.25) is 4.98 Å². The Morgan fingerprint density at radius 3 is 2.88 bits per heavy atom. The van der Waals surface area contributed by atoms with Crippen LogP contribution in [0.25, 0.3) is 5.69 Å². The van der Waals surface area contributed by atoms with Crippen molar-refractivity contribution in [3.8, 4) is 5.69 Å². The summed E-state index contributed by atoms with van der Waals surface area (Å²) in [5.74, 6) is 0. The molecule has 0 saturated heterocycles. The van der Waals surface area contributed by atoms with Crippen molar-refractivity contribution in [2.45, 2.75) is 6.10 Å². The number of ether oxygens (including phenoxy) is 1. The summed E-state index contributed by atoms with van der Waals surface area (Å²) in [6, 6.07) is 3.45. The molecule has 0 aliphatic carbocycles. The molecule has 0 saturated carbocycles. The highest BCUT2D eigenvalue weighted by atomic mass is 16.5. The van der Waals surface area contributed by atoms with Crippen molar-refractivity contribution in [2.75, 3.05) is 7.11 Å². The van der Waals surface area contributed by atoms with Crippen LogP contribution in [0.15, 0.2) is 24.7 Å². The maximum atomic E-state index is 10.6. The number of pyridine rings is 1. The Labute approximate surface area is 91.1 Å². The Kier molecular flexibility index (Phi) is 2.97. The lowest BCUT2D eigenvalue weighted by Crippen LogP contribution is -2.06. The standard InChI is InChI=1S/C9H9N5O2/c1-16-9(5-15)8-3-2-7(4-10-8)14-6-11-12-13-14/h2-6,9H,1H3. The first-order valence-electron chi connectivity index (χ1n) is 4.52. The topological polar surface area (TPSA) is 82.8 Å². The first-order chi connectivity index (χ1) is 7.85. The van der Waals surface area contributed by atoms with Gasteiger partial charge in [-0.05, 0) is 22.6 Å². The van der Waals surface area contributed by atoms with Gasteiger partial charge in [0, 0.05) is 7.11 Å². The van der Waals surface area contributed by atoms with Crippen LogP contribution in [0, 0.1) is 0 Å². The Bertz CT molecular complexity index is 453. The molecule has 7 heteroatoms. The van der Waals surface area contributed by atoms with Crippen molar-refractivity contribution in [3.63, 3.8) is 0 Å². The largest absolute Gasteiger partial charge is 0.368 e. The number of nitrogens with zero attached hydrogens (tertiary/aromatic N) is 5. The smallest absolute Gasteiger partial charge is 0.154 e. The lowest BCUT2D eigenvalue weighted by molar-refractivity contribution is -0.116. The summed E-state index contributed by atoms with van der Waals surface area (Å²) in [6.45, 7) is 0. The van der Waals surface area contributed by atoms with Crippen LogP contribution in [0.3, 0.4) is 0 Å². The maximum absolute atomic E-state index is 10.6. The molecule has 0 bridgehead atoms. The fourth-order valence-electron chi connectivity index (χ4n) is 1.23. The van der Waals surface area contributed by atoms with E-state index in [4.69, 9.17) is 4.74 Å². The van der Waals surface area contributed by atoms with E-state index >= 15 is 0 Å². The molecule has 2 aromatic rings. The highest BCUT2D eigenvalue weighted by Crippen LogP contribution is 2.12. The zero-order valence-electron chi connectivity index (χ0n) is 8.52. The van der Waals surface area contributed by atoms with Crippen molar-refractivity contribution >= 4 is 6.29 Å². The van der Waals surface area contributed by atoms with Crippen LogP contribution >= 0.6 is 0 Å². The van der Waals surface area contributed by atoms with E-state index < -0.39 is 6.10 Å². The molecule has 0 N–H and O–H groups in total. The van der Waals surface area contributed by atoms with Crippen molar-refractivity contribution < 1.29 is 9.53 Å². The lowest BCUT2D eigenvalue weighted by atomic mass is 10.2. The summed E-state index contributed by atoms with van der Waals surface area (Å²) in [4.78, 5) is 14.8. The van der Waals surface area contributed by atoms with Crippen LogP contribution in [0.4, 0.5) is 0 Å². The quantitative estimate of drug-likeness (QED) is 0.670. The maximum Gasteiger partial charge on any atom is 0.154 e. The Morgan fingerprint density at radius 1 is 1.50 bits per heavy atom. The zero-order valence-corrected chi connectivity index (χ0v) is 8.52. The Balaban J connectivity index is 2.26. The molecule has 1 atom stereocenters. The van der Waals surface area contributed by atoms with E-state index in [1.807, 2.05) is 0 Å². The van der Waals surface area contributed by atoms with E-state index in [2.05, 4.69) is 20.5 Å². The van der Waals surface area contributed by atoms with Crippen LogP contribution in [-0.4, -0.2) is 38.6 Å². The second-order valence-electron chi connectivity index (χ2n) is 2.99. The van der Waals surface area contributed by atoms with Gasteiger partial charge < -0.3 is 9.53 Å². The second-order valence-corrected chi connectivity index (χ2v) is 2.99. The van der Waals surface area contributed by atoms with Gasteiger partial charge in [-0.15, -0.1) is 5.10 Å². The molecule has 2 aromatic heterocycles. The van der Waals surface area contributed by atoms with Gasteiger partial charge in [0.05, 0.1) is 17.6 Å². The van der Waals surface area contributed by atoms with Crippen LogP contribution in [0.5, 0.6) is 0 Å². The minimum absolute atomic E-state index is 0.550. The number of tetrazole rings is 1. The van der Waals surface area contributed by atoms with E-state index in [1.54, 1.807) is 18.3 Å². The second kappa shape index (κ2) is 4.58. The molecule has 0 spiro atoms. The first-order valence-corrected chi connectivity index (χ1v) is 4.52. The summed E-state index contributed by atoms with van der Waals surface area (Å²) >= 11 is 0. The third-order valence-corrected chi connectivity index (χ3v) is 2.05. The molecule has 82 valence electrons. The molecule has 1 unspecified atom stereocenters. The monoisotopic (exact) mass is 219 g/mol. The molecule has 0 aliphatic rings. The number of aromatic nitrogens is 5. The summed E-state index contributed by atoms with van der Waals surface area (Å²) in [7, 11) is 1.45. The number of hydrogen-bond donors (Lipinski definition) is 0. The van der Waals surface area contributed by atoms with Gasteiger partial charge in [0.25, 0.3) is 0 Å². The minimum atomic E-state index is -0.636. The molecule has 0 aliphatic heterocycles. The highest BCUT2D eigenvalue weighted by Gasteiger charge is 2.10. The molecular formula is C9H9N5O2. The van der Waals surface area contributed by atoms with Gasteiger partial charge >= 0.3 is 0 Å². The summed E-state index contributed by atoms with van der Waals surface area (Å²) in [6.07, 6.45) is 3.09. The molecular weight excluding hydrogens is 210 g/mol. The van der Waals surface area contributed by atoms with Gasteiger partial charge in [-0.25, -0.2) is 0 Å². The summed E-state index contributed by atoms with van der Waals surface area (Å²) in [5.41, 5.74) is 1.27. The van der Waals surface area contributed by atoms with Gasteiger partial charge in [-0.1, -0.05) is 0 Å². The van der Waals surface area contributed by atoms with Gasteiger partial charge in [0.2, 0.25) is 0 Å². The normalized spacial score (nSPS) is 12.3. The Morgan fingerprint density at radius 2 is 2.38 bits per heavy atom. The van der Waals surface area contributed by atoms with Crippen LogP contribution < -0.4 is 0 Å². The lowest BCUT2D eigenvalue weighted by Gasteiger charge is -2.07. The van der Waals surface area contributed by atoms with Crippen LogP contribution in [-0.2, 0) is 9.53 Å². The predicted molar refractivity (Wildman–Crippen MR) is 52.8 cm³/mol. The fraction of sp³-hybridized carbons (Fsp3) is 0.222. The van der Waals surface area contributed by atoms with E-state index in [0.717, 1.165) is 5.69 Å². The minimum Gasteiger partial charge on any atom is -0.368 e. The third kappa shape index (κ3) is 1.94. The fourth-order valence-corrected chi connectivity index (χ4v) is 1.23. The molecule has 0 radical (unpaired) electrons. The molecule has 7 nitrogen and oxygen atoms in total. The SMILES string of the molecule is COC(C=O)c1ccc(-n2cnnn2)cn1. The van der Waals surface area contributed by atoms with E-state index in [0.29, 0.717) is 12.0 Å². The number of carbonyl (C=O) groups excluding carboxylic acids is 1. The highest BCUT2D eigenvalue weighted by molar-refractivity contribution is 5.58. The molecule has 0 fully saturated rings. The molecule has 0 amide bonds. The third-order valence-electron chi connectivity index (χ3n) is 2.05. The number of hydrogen-bond acceptors (Lipinski definition) is 6. The van der Waals surface area contributed by atoms with Crippen molar-refractivity contribution in [1.29, 1.82) is 0 Å². The average Bonchev–Trinajstić information content (AvgIpc) is 2.85. The van der Waals surface area contributed by atoms with Gasteiger partial charge in [0.15, 0.2) is 12.4 Å².